The summed E-state index contributed by atoms with van der Waals surface area (Å²) in [6.07, 6.45) is 0.388. The first kappa shape index (κ1) is 18.5. The largest absolute Gasteiger partial charge is 0.480 e. The van der Waals surface area contributed by atoms with E-state index in [1.807, 2.05) is 37.3 Å². The standard InChI is InChI=1S/C19H17BrN2O3S/c1-3-14(18(24)25)22-15-6-4-5-13(20)16(15)26-19(22)21-17(23)12-9-7-11(2)8-10-12/h4-10,14H,3H2,1-2H3,(H,24,25)/b21-19-. The number of rotatable bonds is 4. The highest BCUT2D eigenvalue weighted by Crippen LogP contribution is 2.29. The number of aromatic nitrogens is 1. The summed E-state index contributed by atoms with van der Waals surface area (Å²) >= 11 is 4.80. The summed E-state index contributed by atoms with van der Waals surface area (Å²) in [6.45, 7) is 3.75. The van der Waals surface area contributed by atoms with E-state index in [4.69, 9.17) is 0 Å². The van der Waals surface area contributed by atoms with Crippen LogP contribution < -0.4 is 4.80 Å². The third kappa shape index (κ3) is 3.50. The lowest BCUT2D eigenvalue weighted by Crippen LogP contribution is -2.27. The molecular formula is C19H17BrN2O3S. The number of carboxylic acid groups (broad SMARTS) is 1. The maximum Gasteiger partial charge on any atom is 0.326 e. The van der Waals surface area contributed by atoms with Crippen molar-refractivity contribution in [2.45, 2.75) is 26.3 Å². The third-order valence-electron chi connectivity index (χ3n) is 4.08. The Morgan fingerprint density at radius 1 is 1.23 bits per heavy atom. The van der Waals surface area contributed by atoms with Crippen molar-refractivity contribution >= 4 is 49.4 Å². The first-order valence-corrected chi connectivity index (χ1v) is 9.71. The van der Waals surface area contributed by atoms with Crippen molar-refractivity contribution in [2.75, 3.05) is 0 Å². The maximum atomic E-state index is 12.6. The highest BCUT2D eigenvalue weighted by molar-refractivity contribution is 9.10. The molecule has 3 rings (SSSR count). The fourth-order valence-electron chi connectivity index (χ4n) is 2.72. The van der Waals surface area contributed by atoms with Crippen LogP contribution in [0.4, 0.5) is 0 Å². The number of aliphatic carboxylic acids is 1. The van der Waals surface area contributed by atoms with E-state index in [2.05, 4.69) is 20.9 Å². The van der Waals surface area contributed by atoms with Gasteiger partial charge in [-0.3, -0.25) is 4.79 Å². The van der Waals surface area contributed by atoms with Crippen LogP contribution in [0.3, 0.4) is 0 Å². The SMILES string of the molecule is CCC(C(=O)O)n1/c(=N/C(=O)c2ccc(C)cc2)sc2c(Br)cccc21. The number of hydrogen-bond donors (Lipinski definition) is 1. The topological polar surface area (TPSA) is 71.7 Å². The summed E-state index contributed by atoms with van der Waals surface area (Å²) in [7, 11) is 0. The lowest BCUT2D eigenvalue weighted by atomic mass is 10.1. The number of amides is 1. The van der Waals surface area contributed by atoms with Crippen molar-refractivity contribution < 1.29 is 14.7 Å². The molecule has 0 bridgehead atoms. The minimum absolute atomic E-state index is 0.381. The Morgan fingerprint density at radius 3 is 2.54 bits per heavy atom. The van der Waals surface area contributed by atoms with E-state index in [1.54, 1.807) is 23.6 Å². The second-order valence-electron chi connectivity index (χ2n) is 5.89. The molecule has 1 N–H and O–H groups in total. The third-order valence-corrected chi connectivity index (χ3v) is 6.11. The zero-order chi connectivity index (χ0) is 18.8. The van der Waals surface area contributed by atoms with Gasteiger partial charge in [0.05, 0.1) is 10.2 Å². The minimum atomic E-state index is -0.948. The molecule has 0 radical (unpaired) electrons. The molecular weight excluding hydrogens is 416 g/mol. The molecule has 1 heterocycles. The van der Waals surface area contributed by atoms with Gasteiger partial charge in [0.25, 0.3) is 5.91 Å². The maximum absolute atomic E-state index is 12.6. The smallest absolute Gasteiger partial charge is 0.326 e. The van der Waals surface area contributed by atoms with E-state index in [9.17, 15) is 14.7 Å². The van der Waals surface area contributed by atoms with Gasteiger partial charge in [0.15, 0.2) is 4.80 Å². The number of nitrogens with zero attached hydrogens (tertiary/aromatic N) is 2. The molecule has 0 saturated carbocycles. The molecule has 5 nitrogen and oxygen atoms in total. The van der Waals surface area contributed by atoms with Gasteiger partial charge in [-0.05, 0) is 53.5 Å². The number of fused-ring (bicyclic) bond motifs is 1. The van der Waals surface area contributed by atoms with Crippen LogP contribution in [0.1, 0.15) is 35.3 Å². The molecule has 0 aliphatic rings. The predicted octanol–water partition coefficient (Wildman–Crippen LogP) is 4.55. The lowest BCUT2D eigenvalue weighted by Gasteiger charge is -2.13. The summed E-state index contributed by atoms with van der Waals surface area (Å²) in [6, 6.07) is 11.9. The Kier molecular flexibility index (Phi) is 5.38. The Morgan fingerprint density at radius 2 is 1.92 bits per heavy atom. The molecule has 0 saturated heterocycles. The molecule has 134 valence electrons. The molecule has 1 unspecified atom stereocenters. The highest BCUT2D eigenvalue weighted by Gasteiger charge is 2.22. The van der Waals surface area contributed by atoms with Crippen molar-refractivity contribution in [1.82, 2.24) is 4.57 Å². The van der Waals surface area contributed by atoms with Crippen molar-refractivity contribution in [1.29, 1.82) is 0 Å². The van der Waals surface area contributed by atoms with Gasteiger partial charge in [-0.25, -0.2) is 4.79 Å². The average Bonchev–Trinajstić information content (AvgIpc) is 2.95. The van der Waals surface area contributed by atoms with E-state index in [0.29, 0.717) is 16.8 Å². The molecule has 1 amide bonds. The Balaban J connectivity index is 2.24. The van der Waals surface area contributed by atoms with E-state index in [0.717, 1.165) is 20.3 Å². The number of benzene rings is 2. The average molecular weight is 433 g/mol. The number of carboxylic acids is 1. The second-order valence-corrected chi connectivity index (χ2v) is 7.72. The molecule has 7 heteroatoms. The number of carbonyl (C=O) groups excluding carboxylic acids is 1. The van der Waals surface area contributed by atoms with Crippen LogP contribution in [-0.2, 0) is 4.79 Å². The number of aryl methyl sites for hydroxylation is 1. The van der Waals surface area contributed by atoms with E-state index >= 15 is 0 Å². The van der Waals surface area contributed by atoms with Crippen LogP contribution in [0.2, 0.25) is 0 Å². The molecule has 0 fully saturated rings. The molecule has 0 aliphatic carbocycles. The van der Waals surface area contributed by atoms with Crippen molar-refractivity contribution in [3.63, 3.8) is 0 Å². The fraction of sp³-hybridized carbons (Fsp3) is 0.211. The van der Waals surface area contributed by atoms with E-state index in [-0.39, 0.29) is 5.91 Å². The highest BCUT2D eigenvalue weighted by atomic mass is 79.9. The predicted molar refractivity (Wildman–Crippen MR) is 106 cm³/mol. The van der Waals surface area contributed by atoms with Gasteiger partial charge < -0.3 is 9.67 Å². The van der Waals surface area contributed by atoms with Crippen LogP contribution in [0.25, 0.3) is 10.2 Å². The van der Waals surface area contributed by atoms with Gasteiger partial charge in [-0.1, -0.05) is 42.0 Å². The summed E-state index contributed by atoms with van der Waals surface area (Å²) < 4.78 is 3.35. The zero-order valence-electron chi connectivity index (χ0n) is 14.3. The van der Waals surface area contributed by atoms with Crippen molar-refractivity contribution in [3.8, 4) is 0 Å². The number of hydrogen-bond acceptors (Lipinski definition) is 3. The van der Waals surface area contributed by atoms with Gasteiger partial charge in [0.2, 0.25) is 0 Å². The molecule has 26 heavy (non-hydrogen) atoms. The van der Waals surface area contributed by atoms with Gasteiger partial charge in [-0.2, -0.15) is 4.99 Å². The normalized spacial score (nSPS) is 13.1. The zero-order valence-corrected chi connectivity index (χ0v) is 16.7. The van der Waals surface area contributed by atoms with Crippen LogP contribution in [0.15, 0.2) is 51.9 Å². The molecule has 0 aliphatic heterocycles. The van der Waals surface area contributed by atoms with Crippen LogP contribution in [0.5, 0.6) is 0 Å². The van der Waals surface area contributed by atoms with E-state index < -0.39 is 12.0 Å². The lowest BCUT2D eigenvalue weighted by molar-refractivity contribution is -0.140. The first-order valence-electron chi connectivity index (χ1n) is 8.10. The van der Waals surface area contributed by atoms with Gasteiger partial charge in [-0.15, -0.1) is 0 Å². The molecule has 1 atom stereocenters. The number of carbonyl (C=O) groups is 2. The molecule has 0 spiro atoms. The minimum Gasteiger partial charge on any atom is -0.480 e. The monoisotopic (exact) mass is 432 g/mol. The Labute approximate surface area is 162 Å². The Hall–Kier alpha value is -2.25. The van der Waals surface area contributed by atoms with E-state index in [1.165, 1.54) is 11.3 Å². The fourth-order valence-corrected chi connectivity index (χ4v) is 4.39. The van der Waals surface area contributed by atoms with Gasteiger partial charge >= 0.3 is 5.97 Å². The van der Waals surface area contributed by atoms with Crippen molar-refractivity contribution in [2.24, 2.45) is 4.99 Å². The van der Waals surface area contributed by atoms with Crippen molar-refractivity contribution in [3.05, 3.63) is 62.9 Å². The van der Waals surface area contributed by atoms with Crippen LogP contribution >= 0.6 is 27.3 Å². The van der Waals surface area contributed by atoms with Gasteiger partial charge in [0, 0.05) is 10.0 Å². The number of thiazole rings is 1. The summed E-state index contributed by atoms with van der Waals surface area (Å²) in [4.78, 5) is 29.0. The summed E-state index contributed by atoms with van der Waals surface area (Å²) in [5, 5.41) is 9.63. The quantitative estimate of drug-likeness (QED) is 0.656. The Bertz CT molecular complexity index is 1050. The van der Waals surface area contributed by atoms with Crippen LogP contribution in [0, 0.1) is 6.92 Å². The molecule has 2 aromatic carbocycles. The molecule has 3 aromatic rings. The summed E-state index contributed by atoms with van der Waals surface area (Å²) in [5.74, 6) is -1.34. The van der Waals surface area contributed by atoms with Gasteiger partial charge in [0.1, 0.15) is 6.04 Å². The molecule has 1 aromatic heterocycles. The summed E-state index contributed by atoms with van der Waals surface area (Å²) in [5.41, 5.74) is 2.27. The van der Waals surface area contributed by atoms with Crippen LogP contribution in [-0.4, -0.2) is 21.6 Å². The second kappa shape index (κ2) is 7.55. The first-order chi connectivity index (χ1) is 12.4. The number of halogens is 1.